The van der Waals surface area contributed by atoms with Crippen LogP contribution in [0, 0.1) is 0 Å². The quantitative estimate of drug-likeness (QED) is 0.404. The Labute approximate surface area is 184 Å². The fraction of sp³-hybridized carbons (Fsp3) is 0.120. The highest BCUT2D eigenvalue weighted by Gasteiger charge is 2.19. The van der Waals surface area contributed by atoms with Gasteiger partial charge in [0.1, 0.15) is 13.2 Å². The zero-order chi connectivity index (χ0) is 21.0. The maximum atomic E-state index is 13.2. The fourth-order valence-electron chi connectivity index (χ4n) is 3.48. The Morgan fingerprint density at radius 1 is 1.00 bits per heavy atom. The van der Waals surface area contributed by atoms with Crippen molar-refractivity contribution in [3.8, 4) is 11.5 Å². The van der Waals surface area contributed by atoms with E-state index >= 15 is 0 Å². The van der Waals surface area contributed by atoms with Crippen LogP contribution in [0.2, 0.25) is 0 Å². The first-order chi connectivity index (χ1) is 15.3. The summed E-state index contributed by atoms with van der Waals surface area (Å²) in [4.78, 5) is 20.7. The number of para-hydroxylation sites is 1. The van der Waals surface area contributed by atoms with Crippen LogP contribution < -0.4 is 14.4 Å². The van der Waals surface area contributed by atoms with Crippen molar-refractivity contribution in [1.29, 1.82) is 0 Å². The molecule has 0 fully saturated rings. The molecule has 0 aliphatic carbocycles. The summed E-state index contributed by atoms with van der Waals surface area (Å²) in [5, 5.41) is 3.08. The van der Waals surface area contributed by atoms with Crippen LogP contribution in [0.15, 0.2) is 78.2 Å². The van der Waals surface area contributed by atoms with Crippen LogP contribution in [0.25, 0.3) is 17.0 Å². The number of carbonyl (C=O) groups is 1. The van der Waals surface area contributed by atoms with Crippen LogP contribution in [0.4, 0.5) is 5.69 Å². The Balaban J connectivity index is 1.43. The number of nitrogens with zero attached hydrogens (tertiary/aromatic N) is 2. The zero-order valence-electron chi connectivity index (χ0n) is 16.7. The van der Waals surface area contributed by atoms with Gasteiger partial charge in [-0.15, -0.1) is 11.3 Å². The predicted octanol–water partition coefficient (Wildman–Crippen LogP) is 5.31. The van der Waals surface area contributed by atoms with Crippen LogP contribution >= 0.6 is 11.3 Å². The van der Waals surface area contributed by atoms with Crippen LogP contribution in [0.1, 0.15) is 10.6 Å². The number of aromatic nitrogens is 1. The highest BCUT2D eigenvalue weighted by Crippen LogP contribution is 2.34. The zero-order valence-corrected chi connectivity index (χ0v) is 17.5. The van der Waals surface area contributed by atoms with Crippen molar-refractivity contribution in [3.63, 3.8) is 0 Å². The molecule has 1 aliphatic rings. The molecule has 2 aromatic carbocycles. The summed E-state index contributed by atoms with van der Waals surface area (Å²) >= 11 is 1.62. The molecule has 154 valence electrons. The average Bonchev–Trinajstić information content (AvgIpc) is 3.34. The Kier molecular flexibility index (Phi) is 5.37. The number of ether oxygens (including phenoxy) is 2. The summed E-state index contributed by atoms with van der Waals surface area (Å²) in [7, 11) is 0. The van der Waals surface area contributed by atoms with E-state index in [4.69, 9.17) is 9.47 Å². The molecule has 1 amide bonds. The van der Waals surface area contributed by atoms with Gasteiger partial charge in [0.25, 0.3) is 5.91 Å². The molecule has 0 saturated carbocycles. The lowest BCUT2D eigenvalue weighted by Crippen LogP contribution is -2.28. The van der Waals surface area contributed by atoms with E-state index in [-0.39, 0.29) is 5.91 Å². The first-order valence-corrected chi connectivity index (χ1v) is 10.9. The predicted molar refractivity (Wildman–Crippen MR) is 124 cm³/mol. The number of benzene rings is 2. The lowest BCUT2D eigenvalue weighted by molar-refractivity contribution is -0.114. The van der Waals surface area contributed by atoms with Gasteiger partial charge >= 0.3 is 0 Å². The highest BCUT2D eigenvalue weighted by atomic mass is 32.1. The molecule has 5 rings (SSSR count). The van der Waals surface area contributed by atoms with Gasteiger partial charge in [-0.05, 0) is 41.8 Å². The largest absolute Gasteiger partial charge is 0.486 e. The van der Waals surface area contributed by atoms with Gasteiger partial charge in [-0.1, -0.05) is 30.3 Å². The molecular formula is C25H20N2O3S. The normalized spacial score (nSPS) is 12.9. The first-order valence-electron chi connectivity index (χ1n) is 10.0. The lowest BCUT2D eigenvalue weighted by atomic mass is 10.2. The highest BCUT2D eigenvalue weighted by molar-refractivity contribution is 7.09. The van der Waals surface area contributed by atoms with E-state index in [1.165, 1.54) is 0 Å². The molecule has 6 heteroatoms. The SMILES string of the molecule is O=C(C=Cc1ccc2ccccc2n1)N(Cc1cccs1)c1ccc2c(c1)OCCO2. The van der Waals surface area contributed by atoms with Crippen molar-refractivity contribution in [2.45, 2.75) is 6.54 Å². The number of amides is 1. The van der Waals surface area contributed by atoms with Crippen molar-refractivity contribution in [2.24, 2.45) is 0 Å². The maximum Gasteiger partial charge on any atom is 0.251 e. The molecule has 0 saturated heterocycles. The molecule has 2 aromatic heterocycles. The van der Waals surface area contributed by atoms with Crippen molar-refractivity contribution in [3.05, 3.63) is 88.8 Å². The van der Waals surface area contributed by atoms with Gasteiger partial charge in [-0.3, -0.25) is 4.79 Å². The van der Waals surface area contributed by atoms with Crippen molar-refractivity contribution >= 4 is 39.9 Å². The van der Waals surface area contributed by atoms with Gasteiger partial charge in [0.15, 0.2) is 11.5 Å². The third-order valence-corrected chi connectivity index (χ3v) is 5.88. The molecular weight excluding hydrogens is 408 g/mol. The number of rotatable bonds is 5. The number of hydrogen-bond acceptors (Lipinski definition) is 5. The summed E-state index contributed by atoms with van der Waals surface area (Å²) in [5.41, 5.74) is 2.41. The summed E-state index contributed by atoms with van der Waals surface area (Å²) < 4.78 is 11.3. The van der Waals surface area contributed by atoms with Gasteiger partial charge in [0.2, 0.25) is 0 Å². The molecule has 0 bridgehead atoms. The van der Waals surface area contributed by atoms with E-state index in [9.17, 15) is 4.79 Å². The number of anilines is 1. The van der Waals surface area contributed by atoms with Crippen LogP contribution in [-0.2, 0) is 11.3 Å². The molecule has 5 nitrogen and oxygen atoms in total. The lowest BCUT2D eigenvalue weighted by Gasteiger charge is -2.24. The standard InChI is InChI=1S/C25H20N2O3S/c28-25(12-9-19-8-7-18-4-1-2-6-22(18)26-19)27(17-21-5-3-15-31-21)20-10-11-23-24(16-20)30-14-13-29-23/h1-12,15-16H,13-14,17H2. The number of thiophene rings is 1. The number of pyridine rings is 1. The minimum Gasteiger partial charge on any atom is -0.486 e. The van der Waals surface area contributed by atoms with Gasteiger partial charge in [0.05, 0.1) is 17.8 Å². The summed E-state index contributed by atoms with van der Waals surface area (Å²) in [5.74, 6) is 1.24. The first kappa shape index (κ1) is 19.3. The Bertz CT molecular complexity index is 1250. The third kappa shape index (κ3) is 4.29. The van der Waals surface area contributed by atoms with Crippen molar-refractivity contribution in [1.82, 2.24) is 4.98 Å². The minimum absolute atomic E-state index is 0.125. The van der Waals surface area contributed by atoms with E-state index in [2.05, 4.69) is 4.98 Å². The average molecular weight is 429 g/mol. The van der Waals surface area contributed by atoms with E-state index < -0.39 is 0 Å². The summed E-state index contributed by atoms with van der Waals surface area (Å²) in [6.07, 6.45) is 3.33. The van der Waals surface area contributed by atoms with Gasteiger partial charge in [0, 0.05) is 28.1 Å². The molecule has 4 aromatic rings. The van der Waals surface area contributed by atoms with E-state index in [0.717, 1.165) is 27.2 Å². The molecule has 0 radical (unpaired) electrons. The maximum absolute atomic E-state index is 13.2. The molecule has 3 heterocycles. The fourth-order valence-corrected chi connectivity index (χ4v) is 4.17. The van der Waals surface area contributed by atoms with Gasteiger partial charge in [-0.25, -0.2) is 4.98 Å². The second-order valence-electron chi connectivity index (χ2n) is 7.09. The molecule has 31 heavy (non-hydrogen) atoms. The Hall–Kier alpha value is -3.64. The van der Waals surface area contributed by atoms with Gasteiger partial charge < -0.3 is 14.4 Å². The molecule has 1 aliphatic heterocycles. The minimum atomic E-state index is -0.125. The molecule has 0 N–H and O–H groups in total. The summed E-state index contributed by atoms with van der Waals surface area (Å²) in [6.45, 7) is 1.51. The number of hydrogen-bond donors (Lipinski definition) is 0. The van der Waals surface area contributed by atoms with Gasteiger partial charge in [-0.2, -0.15) is 0 Å². The smallest absolute Gasteiger partial charge is 0.251 e. The van der Waals surface area contributed by atoms with Crippen molar-refractivity contribution < 1.29 is 14.3 Å². The topological polar surface area (TPSA) is 51.7 Å². The molecule has 0 unspecified atom stereocenters. The third-order valence-electron chi connectivity index (χ3n) is 5.01. The van der Waals surface area contributed by atoms with Crippen LogP contribution in [-0.4, -0.2) is 24.1 Å². The van der Waals surface area contributed by atoms with E-state index in [1.807, 2.05) is 72.1 Å². The molecule has 0 spiro atoms. The number of carbonyl (C=O) groups excluding carboxylic acids is 1. The second kappa shape index (κ2) is 8.62. The number of fused-ring (bicyclic) bond motifs is 2. The second-order valence-corrected chi connectivity index (χ2v) is 8.13. The summed E-state index contributed by atoms with van der Waals surface area (Å²) in [6, 6.07) is 21.5. The Morgan fingerprint density at radius 2 is 1.87 bits per heavy atom. The molecule has 0 atom stereocenters. The van der Waals surface area contributed by atoms with Crippen molar-refractivity contribution in [2.75, 3.05) is 18.1 Å². The monoisotopic (exact) mass is 428 g/mol. The van der Waals surface area contributed by atoms with E-state index in [0.29, 0.717) is 31.3 Å². The van der Waals surface area contributed by atoms with Crippen LogP contribution in [0.3, 0.4) is 0 Å². The Morgan fingerprint density at radius 3 is 2.74 bits per heavy atom. The van der Waals surface area contributed by atoms with E-state index in [1.54, 1.807) is 28.4 Å². The van der Waals surface area contributed by atoms with Crippen LogP contribution in [0.5, 0.6) is 11.5 Å².